The van der Waals surface area contributed by atoms with E-state index < -0.39 is 0 Å². The molecule has 1 saturated heterocycles. The number of nitrogens with zero attached hydrogens (tertiary/aromatic N) is 2. The predicted octanol–water partition coefficient (Wildman–Crippen LogP) is 2.00. The fourth-order valence-corrected chi connectivity index (χ4v) is 3.35. The van der Waals surface area contributed by atoms with Crippen molar-refractivity contribution in [2.24, 2.45) is 0 Å². The van der Waals surface area contributed by atoms with Crippen LogP contribution in [0.4, 0.5) is 5.69 Å². The summed E-state index contributed by atoms with van der Waals surface area (Å²) in [5.74, 6) is 0. The van der Waals surface area contributed by atoms with E-state index in [-0.39, 0.29) is 0 Å². The van der Waals surface area contributed by atoms with Gasteiger partial charge < -0.3 is 14.8 Å². The maximum Gasteiger partial charge on any atom is 0.0514 e. The lowest BCUT2D eigenvalue weighted by molar-refractivity contribution is 0.588. The molecule has 0 unspecified atom stereocenters. The lowest BCUT2D eigenvalue weighted by Gasteiger charge is -2.30. The predicted molar refractivity (Wildman–Crippen MR) is 75.3 cm³/mol. The number of anilines is 1. The van der Waals surface area contributed by atoms with Crippen molar-refractivity contribution < 1.29 is 0 Å². The van der Waals surface area contributed by atoms with Crippen LogP contribution in [0.2, 0.25) is 0 Å². The van der Waals surface area contributed by atoms with E-state index in [1.807, 2.05) is 0 Å². The highest BCUT2D eigenvalue weighted by molar-refractivity contribution is 5.87. The van der Waals surface area contributed by atoms with Crippen molar-refractivity contribution in [2.75, 3.05) is 31.1 Å². The summed E-state index contributed by atoms with van der Waals surface area (Å²) in [6.45, 7) is 5.66. The number of hydrogen-bond donors (Lipinski definition) is 1. The Balaban J connectivity index is 1.82. The Hall–Kier alpha value is -1.48. The van der Waals surface area contributed by atoms with E-state index in [1.165, 1.54) is 41.5 Å². The smallest absolute Gasteiger partial charge is 0.0514 e. The molecular formula is C15H19N3. The molecule has 2 aliphatic heterocycles. The summed E-state index contributed by atoms with van der Waals surface area (Å²) in [6.07, 6.45) is 4.76. The third-order valence-electron chi connectivity index (χ3n) is 4.25. The average molecular weight is 241 g/mol. The number of nitrogens with one attached hydrogen (secondary N) is 1. The topological polar surface area (TPSA) is 20.2 Å². The summed E-state index contributed by atoms with van der Waals surface area (Å²) >= 11 is 0. The van der Waals surface area contributed by atoms with Gasteiger partial charge in [0, 0.05) is 50.0 Å². The highest BCUT2D eigenvalue weighted by atomic mass is 15.2. The van der Waals surface area contributed by atoms with Gasteiger partial charge in [0.2, 0.25) is 0 Å². The molecule has 0 amide bonds. The number of piperazine rings is 1. The van der Waals surface area contributed by atoms with Gasteiger partial charge in [-0.25, -0.2) is 0 Å². The first kappa shape index (κ1) is 10.4. The third kappa shape index (κ3) is 1.54. The Labute approximate surface area is 107 Å². The van der Waals surface area contributed by atoms with Crippen molar-refractivity contribution in [1.29, 1.82) is 0 Å². The minimum absolute atomic E-state index is 1.11. The minimum atomic E-state index is 1.11. The highest BCUT2D eigenvalue weighted by Gasteiger charge is 2.16. The maximum atomic E-state index is 3.42. The molecule has 1 aromatic carbocycles. The van der Waals surface area contributed by atoms with Gasteiger partial charge in [-0.1, -0.05) is 0 Å². The quantitative estimate of drug-likeness (QED) is 0.824. The standard InChI is InChI=1S/C15H19N3/c1-2-12-10-14(17-8-4-16-5-9-17)11-13-3-7-18(6-1)15(12)13/h3,7,10-11,16H,1-2,4-6,8-9H2. The second-order valence-electron chi connectivity index (χ2n) is 5.39. The van der Waals surface area contributed by atoms with Crippen LogP contribution in [0.5, 0.6) is 0 Å². The van der Waals surface area contributed by atoms with Crippen LogP contribution in [0, 0.1) is 0 Å². The molecule has 2 aromatic rings. The van der Waals surface area contributed by atoms with Crippen LogP contribution in [0.25, 0.3) is 10.9 Å². The van der Waals surface area contributed by atoms with Gasteiger partial charge in [-0.2, -0.15) is 0 Å². The fraction of sp³-hybridized carbons (Fsp3) is 0.467. The number of rotatable bonds is 1. The van der Waals surface area contributed by atoms with Gasteiger partial charge in [0.15, 0.2) is 0 Å². The summed E-state index contributed by atoms with van der Waals surface area (Å²) in [5.41, 5.74) is 4.43. The van der Waals surface area contributed by atoms with Gasteiger partial charge in [-0.05, 0) is 36.6 Å². The largest absolute Gasteiger partial charge is 0.369 e. The monoisotopic (exact) mass is 241 g/mol. The van der Waals surface area contributed by atoms with Crippen LogP contribution >= 0.6 is 0 Å². The SMILES string of the molecule is c1c(N2CCNCC2)cc2ccn3c2c1CCC3. The van der Waals surface area contributed by atoms with Gasteiger partial charge in [-0.15, -0.1) is 0 Å². The van der Waals surface area contributed by atoms with Crippen LogP contribution in [0.3, 0.4) is 0 Å². The molecule has 3 nitrogen and oxygen atoms in total. The van der Waals surface area contributed by atoms with Gasteiger partial charge in [0.05, 0.1) is 5.52 Å². The first-order valence-corrected chi connectivity index (χ1v) is 6.99. The molecular weight excluding hydrogens is 222 g/mol. The van der Waals surface area contributed by atoms with Crippen LogP contribution in [-0.4, -0.2) is 30.7 Å². The van der Waals surface area contributed by atoms with Gasteiger partial charge >= 0.3 is 0 Å². The molecule has 0 bridgehead atoms. The van der Waals surface area contributed by atoms with E-state index in [0.717, 1.165) is 26.2 Å². The maximum absolute atomic E-state index is 3.42. The second-order valence-corrected chi connectivity index (χ2v) is 5.39. The Morgan fingerprint density at radius 1 is 1.06 bits per heavy atom. The van der Waals surface area contributed by atoms with Crippen molar-refractivity contribution in [1.82, 2.24) is 9.88 Å². The van der Waals surface area contributed by atoms with Crippen molar-refractivity contribution in [3.8, 4) is 0 Å². The van der Waals surface area contributed by atoms with Gasteiger partial charge in [0.25, 0.3) is 0 Å². The van der Waals surface area contributed by atoms with Crippen molar-refractivity contribution in [3.05, 3.63) is 30.0 Å². The van der Waals surface area contributed by atoms with Gasteiger partial charge in [0.1, 0.15) is 0 Å². The number of hydrogen-bond acceptors (Lipinski definition) is 2. The normalized spacial score (nSPS) is 19.4. The van der Waals surface area contributed by atoms with Crippen LogP contribution in [0.15, 0.2) is 24.4 Å². The highest BCUT2D eigenvalue weighted by Crippen LogP contribution is 2.31. The third-order valence-corrected chi connectivity index (χ3v) is 4.25. The number of aromatic nitrogens is 1. The molecule has 0 radical (unpaired) electrons. The molecule has 4 rings (SSSR count). The lowest BCUT2D eigenvalue weighted by atomic mass is 10.0. The molecule has 3 heterocycles. The summed E-state index contributed by atoms with van der Waals surface area (Å²) in [4.78, 5) is 2.51. The molecule has 18 heavy (non-hydrogen) atoms. The van der Waals surface area contributed by atoms with Crippen molar-refractivity contribution >= 4 is 16.6 Å². The number of aryl methyl sites for hydroxylation is 2. The zero-order valence-corrected chi connectivity index (χ0v) is 10.7. The molecule has 1 fully saturated rings. The summed E-state index contributed by atoms with van der Waals surface area (Å²) in [5, 5.41) is 4.84. The van der Waals surface area contributed by atoms with E-state index in [9.17, 15) is 0 Å². The molecule has 1 N–H and O–H groups in total. The van der Waals surface area contributed by atoms with E-state index >= 15 is 0 Å². The molecule has 0 atom stereocenters. The zero-order valence-electron chi connectivity index (χ0n) is 10.7. The van der Waals surface area contributed by atoms with Gasteiger partial charge in [-0.3, -0.25) is 0 Å². The summed E-state index contributed by atoms with van der Waals surface area (Å²) in [6, 6.07) is 7.06. The lowest BCUT2D eigenvalue weighted by Crippen LogP contribution is -2.43. The van der Waals surface area contributed by atoms with Crippen LogP contribution < -0.4 is 10.2 Å². The first-order valence-electron chi connectivity index (χ1n) is 6.99. The van der Waals surface area contributed by atoms with E-state index in [0.29, 0.717) is 0 Å². The Morgan fingerprint density at radius 2 is 1.94 bits per heavy atom. The second kappa shape index (κ2) is 4.02. The summed E-state index contributed by atoms with van der Waals surface area (Å²) < 4.78 is 2.41. The Morgan fingerprint density at radius 3 is 2.83 bits per heavy atom. The fourth-order valence-electron chi connectivity index (χ4n) is 3.35. The molecule has 3 heteroatoms. The van der Waals surface area contributed by atoms with Crippen LogP contribution in [-0.2, 0) is 13.0 Å². The van der Waals surface area contributed by atoms with Crippen LogP contribution in [0.1, 0.15) is 12.0 Å². The van der Waals surface area contributed by atoms with E-state index in [1.54, 1.807) is 0 Å². The average Bonchev–Trinajstić information content (AvgIpc) is 2.85. The van der Waals surface area contributed by atoms with Crippen molar-refractivity contribution in [2.45, 2.75) is 19.4 Å². The minimum Gasteiger partial charge on any atom is -0.369 e. The molecule has 94 valence electrons. The molecule has 2 aliphatic rings. The first-order chi connectivity index (χ1) is 8.92. The molecule has 0 aliphatic carbocycles. The van der Waals surface area contributed by atoms with E-state index in [2.05, 4.69) is 39.2 Å². The Kier molecular flexibility index (Phi) is 2.33. The van der Waals surface area contributed by atoms with Crippen molar-refractivity contribution in [3.63, 3.8) is 0 Å². The molecule has 1 aromatic heterocycles. The number of benzene rings is 1. The molecule has 0 saturated carbocycles. The summed E-state index contributed by atoms with van der Waals surface area (Å²) in [7, 11) is 0. The van der Waals surface area contributed by atoms with E-state index in [4.69, 9.17) is 0 Å². The Bertz CT molecular complexity index is 579. The molecule has 0 spiro atoms. The zero-order chi connectivity index (χ0) is 11.9.